The predicted molar refractivity (Wildman–Crippen MR) is 69.7 cm³/mol. The van der Waals surface area contributed by atoms with Crippen LogP contribution >= 0.6 is 0 Å². The Morgan fingerprint density at radius 1 is 1.12 bits per heavy atom. The van der Waals surface area contributed by atoms with E-state index in [1.807, 2.05) is 0 Å². The molecule has 0 unspecified atom stereocenters. The van der Waals surface area contributed by atoms with Gasteiger partial charge < -0.3 is 10.1 Å². The van der Waals surface area contributed by atoms with Crippen molar-refractivity contribution in [2.45, 2.75) is 71.9 Å². The third-order valence-corrected chi connectivity index (χ3v) is 3.63. The third kappa shape index (κ3) is 4.84. The van der Waals surface area contributed by atoms with Gasteiger partial charge in [-0.1, -0.05) is 26.7 Å². The van der Waals surface area contributed by atoms with E-state index in [-0.39, 0.29) is 0 Å². The molecular weight excluding hydrogens is 198 g/mol. The summed E-state index contributed by atoms with van der Waals surface area (Å²) in [7, 11) is 0. The van der Waals surface area contributed by atoms with Crippen LogP contribution in [0.4, 0.5) is 0 Å². The molecule has 0 aromatic carbocycles. The Kier molecular flexibility index (Phi) is 5.77. The first-order valence-corrected chi connectivity index (χ1v) is 6.89. The van der Waals surface area contributed by atoms with E-state index >= 15 is 0 Å². The molecule has 1 saturated carbocycles. The lowest BCUT2D eigenvalue weighted by Gasteiger charge is -2.30. The zero-order chi connectivity index (χ0) is 12.0. The van der Waals surface area contributed by atoms with Crippen LogP contribution < -0.4 is 5.32 Å². The quantitative estimate of drug-likeness (QED) is 0.720. The van der Waals surface area contributed by atoms with Crippen molar-refractivity contribution in [1.29, 1.82) is 0 Å². The molecule has 1 fully saturated rings. The number of rotatable bonds is 7. The van der Waals surface area contributed by atoms with Crippen molar-refractivity contribution in [2.24, 2.45) is 5.41 Å². The highest BCUT2D eigenvalue weighted by atomic mass is 16.5. The summed E-state index contributed by atoms with van der Waals surface area (Å²) >= 11 is 0. The van der Waals surface area contributed by atoms with Gasteiger partial charge in [0, 0.05) is 19.2 Å². The van der Waals surface area contributed by atoms with E-state index in [9.17, 15) is 0 Å². The number of ether oxygens (including phenoxy) is 1. The van der Waals surface area contributed by atoms with Crippen molar-refractivity contribution in [3.05, 3.63) is 0 Å². The first-order chi connectivity index (χ1) is 7.54. The molecule has 0 aliphatic heterocycles. The molecule has 0 radical (unpaired) electrons. The summed E-state index contributed by atoms with van der Waals surface area (Å²) in [5.41, 5.74) is 0.527. The maximum atomic E-state index is 5.71. The van der Waals surface area contributed by atoms with Gasteiger partial charge in [0.1, 0.15) is 0 Å². The predicted octanol–water partition coefficient (Wildman–Crippen LogP) is 3.36. The van der Waals surface area contributed by atoms with Crippen LogP contribution in [0.15, 0.2) is 0 Å². The second kappa shape index (κ2) is 6.61. The van der Waals surface area contributed by atoms with Gasteiger partial charge in [-0.3, -0.25) is 0 Å². The molecule has 1 N–H and O–H groups in total. The molecule has 0 spiro atoms. The van der Waals surface area contributed by atoms with Gasteiger partial charge in [0.05, 0.1) is 6.10 Å². The Labute approximate surface area is 101 Å². The second-order valence-electron chi connectivity index (χ2n) is 5.91. The van der Waals surface area contributed by atoms with E-state index in [0.717, 1.165) is 6.61 Å². The number of hydrogen-bond acceptors (Lipinski definition) is 2. The van der Waals surface area contributed by atoms with Gasteiger partial charge >= 0.3 is 0 Å². The molecule has 0 bridgehead atoms. The summed E-state index contributed by atoms with van der Waals surface area (Å²) in [6, 6.07) is 0.600. The Bertz CT molecular complexity index is 183. The van der Waals surface area contributed by atoms with Crippen LogP contribution in [0, 0.1) is 5.41 Å². The SMILES string of the molecule is CC(C)NCC1(CCOC(C)C)CCCC1. The number of hydrogen-bond donors (Lipinski definition) is 1. The fourth-order valence-corrected chi connectivity index (χ4v) is 2.57. The molecule has 0 atom stereocenters. The first kappa shape index (κ1) is 14.0. The van der Waals surface area contributed by atoms with Crippen molar-refractivity contribution < 1.29 is 4.74 Å². The van der Waals surface area contributed by atoms with Crippen molar-refractivity contribution in [3.63, 3.8) is 0 Å². The van der Waals surface area contributed by atoms with Gasteiger partial charge in [0.25, 0.3) is 0 Å². The van der Waals surface area contributed by atoms with Gasteiger partial charge in [-0.05, 0) is 38.5 Å². The summed E-state index contributed by atoms with van der Waals surface area (Å²) < 4.78 is 5.71. The van der Waals surface area contributed by atoms with E-state index in [4.69, 9.17) is 4.74 Å². The lowest BCUT2D eigenvalue weighted by atomic mass is 9.82. The highest BCUT2D eigenvalue weighted by molar-refractivity contribution is 4.87. The molecule has 16 heavy (non-hydrogen) atoms. The molecule has 0 amide bonds. The Hall–Kier alpha value is -0.0800. The maximum absolute atomic E-state index is 5.71. The zero-order valence-corrected chi connectivity index (χ0v) is 11.5. The molecule has 1 rings (SSSR count). The standard InChI is InChI=1S/C14H29NO/c1-12(2)15-11-14(7-5-6-8-14)9-10-16-13(3)4/h12-13,15H,5-11H2,1-4H3. The number of nitrogens with one attached hydrogen (secondary N) is 1. The van der Waals surface area contributed by atoms with Crippen molar-refractivity contribution in [3.8, 4) is 0 Å². The maximum Gasteiger partial charge on any atom is 0.0518 e. The summed E-state index contributed by atoms with van der Waals surface area (Å²) in [4.78, 5) is 0. The minimum Gasteiger partial charge on any atom is -0.379 e. The molecule has 0 saturated heterocycles. The molecule has 2 heteroatoms. The molecular formula is C14H29NO. The van der Waals surface area contributed by atoms with Crippen LogP contribution in [0.5, 0.6) is 0 Å². The van der Waals surface area contributed by atoms with E-state index in [2.05, 4.69) is 33.0 Å². The molecule has 1 aliphatic carbocycles. The third-order valence-electron chi connectivity index (χ3n) is 3.63. The Morgan fingerprint density at radius 2 is 1.75 bits per heavy atom. The zero-order valence-electron chi connectivity index (χ0n) is 11.5. The van der Waals surface area contributed by atoms with Gasteiger partial charge in [0.2, 0.25) is 0 Å². The van der Waals surface area contributed by atoms with Crippen molar-refractivity contribution >= 4 is 0 Å². The topological polar surface area (TPSA) is 21.3 Å². The summed E-state index contributed by atoms with van der Waals surface area (Å²) in [6.07, 6.45) is 7.17. The van der Waals surface area contributed by atoms with Crippen molar-refractivity contribution in [2.75, 3.05) is 13.2 Å². The van der Waals surface area contributed by atoms with E-state index in [1.54, 1.807) is 0 Å². The Morgan fingerprint density at radius 3 is 2.25 bits per heavy atom. The second-order valence-corrected chi connectivity index (χ2v) is 5.91. The molecule has 1 aliphatic rings. The van der Waals surface area contributed by atoms with Crippen LogP contribution in [0.1, 0.15) is 59.8 Å². The lowest BCUT2D eigenvalue weighted by Crippen LogP contribution is -2.36. The highest BCUT2D eigenvalue weighted by Gasteiger charge is 2.33. The lowest BCUT2D eigenvalue weighted by molar-refractivity contribution is 0.0509. The summed E-state index contributed by atoms with van der Waals surface area (Å²) in [5, 5.41) is 3.61. The molecule has 96 valence electrons. The molecule has 2 nitrogen and oxygen atoms in total. The Balaban J connectivity index is 2.33. The molecule has 0 aromatic rings. The van der Waals surface area contributed by atoms with Crippen LogP contribution in [-0.4, -0.2) is 25.3 Å². The van der Waals surface area contributed by atoms with Crippen molar-refractivity contribution in [1.82, 2.24) is 5.32 Å². The molecule has 0 aromatic heterocycles. The van der Waals surface area contributed by atoms with Gasteiger partial charge in [-0.25, -0.2) is 0 Å². The van der Waals surface area contributed by atoms with Gasteiger partial charge in [-0.15, -0.1) is 0 Å². The van der Waals surface area contributed by atoms with Gasteiger partial charge in [-0.2, -0.15) is 0 Å². The van der Waals surface area contributed by atoms with E-state index in [0.29, 0.717) is 17.6 Å². The van der Waals surface area contributed by atoms with E-state index < -0.39 is 0 Å². The smallest absolute Gasteiger partial charge is 0.0518 e. The van der Waals surface area contributed by atoms with Crippen LogP contribution in [0.2, 0.25) is 0 Å². The van der Waals surface area contributed by atoms with E-state index in [1.165, 1.54) is 38.6 Å². The monoisotopic (exact) mass is 227 g/mol. The fraction of sp³-hybridized carbons (Fsp3) is 1.00. The average Bonchev–Trinajstić information content (AvgIpc) is 2.64. The average molecular weight is 227 g/mol. The molecule has 0 heterocycles. The highest BCUT2D eigenvalue weighted by Crippen LogP contribution is 2.40. The summed E-state index contributed by atoms with van der Waals surface area (Å²) in [5.74, 6) is 0. The summed E-state index contributed by atoms with van der Waals surface area (Å²) in [6.45, 7) is 10.8. The van der Waals surface area contributed by atoms with Crippen LogP contribution in [0.25, 0.3) is 0 Å². The fourth-order valence-electron chi connectivity index (χ4n) is 2.57. The first-order valence-electron chi connectivity index (χ1n) is 6.89. The van der Waals surface area contributed by atoms with Crippen LogP contribution in [-0.2, 0) is 4.74 Å². The van der Waals surface area contributed by atoms with Crippen LogP contribution in [0.3, 0.4) is 0 Å². The normalized spacial score (nSPS) is 19.9. The minimum absolute atomic E-state index is 0.372. The largest absolute Gasteiger partial charge is 0.379 e. The minimum atomic E-state index is 0.372. The van der Waals surface area contributed by atoms with Gasteiger partial charge in [0.15, 0.2) is 0 Å².